The average Bonchev–Trinajstić information content (AvgIpc) is 2.76. The van der Waals surface area contributed by atoms with Gasteiger partial charge in [0.05, 0.1) is 11.2 Å². The quantitative estimate of drug-likeness (QED) is 0.662. The number of hydrogen-bond acceptors (Lipinski definition) is 3. The lowest BCUT2D eigenvalue weighted by Gasteiger charge is -2.24. The number of carboxylic acid groups (broad SMARTS) is 1. The highest BCUT2D eigenvalue weighted by Crippen LogP contribution is 2.38. The molecule has 1 aromatic carbocycles. The topological polar surface area (TPSA) is 95.4 Å². The second kappa shape index (κ2) is 6.40. The number of fused-ring (bicyclic) bond motifs is 3. The van der Waals surface area contributed by atoms with Crippen molar-refractivity contribution in [1.29, 1.82) is 0 Å². The molecule has 1 aliphatic rings. The monoisotopic (exact) mass is 356 g/mol. The Hall–Kier alpha value is -2.96. The molecule has 7 nitrogen and oxygen atoms in total. The van der Waals surface area contributed by atoms with E-state index in [9.17, 15) is 14.7 Å². The molecule has 0 bridgehead atoms. The molecule has 7 heteroatoms. The molecular weight excluding hydrogens is 332 g/mol. The molecule has 26 heavy (non-hydrogen) atoms. The first-order valence-corrected chi connectivity index (χ1v) is 8.60. The first kappa shape index (κ1) is 17.8. The highest BCUT2D eigenvalue weighted by molar-refractivity contribution is 6.00. The third kappa shape index (κ3) is 3.12. The number of hydrogen-bond donors (Lipinski definition) is 4. The number of rotatable bonds is 2. The van der Waals surface area contributed by atoms with E-state index in [0.29, 0.717) is 23.4 Å². The van der Waals surface area contributed by atoms with Gasteiger partial charge < -0.3 is 21.1 Å². The molecule has 2 aromatic rings. The van der Waals surface area contributed by atoms with Gasteiger partial charge >= 0.3 is 12.1 Å². The molecule has 0 fully saturated rings. The van der Waals surface area contributed by atoms with Gasteiger partial charge in [-0.05, 0) is 49.9 Å². The van der Waals surface area contributed by atoms with Crippen molar-refractivity contribution < 1.29 is 14.7 Å². The van der Waals surface area contributed by atoms with Crippen molar-refractivity contribution >= 4 is 34.8 Å². The number of amides is 2. The molecule has 3 rings (SSSR count). The van der Waals surface area contributed by atoms with Gasteiger partial charge in [0.15, 0.2) is 0 Å². The van der Waals surface area contributed by atoms with E-state index in [4.69, 9.17) is 0 Å². The van der Waals surface area contributed by atoms with E-state index in [1.54, 1.807) is 24.4 Å². The first-order valence-electron chi connectivity index (χ1n) is 8.60. The lowest BCUT2D eigenvalue weighted by Crippen LogP contribution is -2.34. The molecular formula is C19H24N4O3. The lowest BCUT2D eigenvalue weighted by atomic mass is 9.83. The van der Waals surface area contributed by atoms with E-state index in [2.05, 4.69) is 29.8 Å². The number of benzene rings is 1. The van der Waals surface area contributed by atoms with E-state index in [1.807, 2.05) is 19.9 Å². The minimum atomic E-state index is -1.03. The number of nitrogens with one attached hydrogen (secondary N) is 3. The van der Waals surface area contributed by atoms with Crippen molar-refractivity contribution in [3.05, 3.63) is 35.7 Å². The van der Waals surface area contributed by atoms with Crippen molar-refractivity contribution in [2.24, 2.45) is 0 Å². The maximum atomic E-state index is 12.0. The number of urea groups is 1. The number of aromatic nitrogens is 1. The van der Waals surface area contributed by atoms with Gasteiger partial charge in [0.2, 0.25) is 0 Å². The summed E-state index contributed by atoms with van der Waals surface area (Å²) < 4.78 is 1.30. The summed E-state index contributed by atoms with van der Waals surface area (Å²) in [5, 5.41) is 19.4. The fourth-order valence-corrected chi connectivity index (χ4v) is 3.43. The molecule has 0 spiro atoms. The molecule has 1 aromatic heterocycles. The Morgan fingerprint density at radius 3 is 2.69 bits per heavy atom. The summed E-state index contributed by atoms with van der Waals surface area (Å²) in [6, 6.07) is 5.03. The van der Waals surface area contributed by atoms with Crippen LogP contribution in [0.5, 0.6) is 0 Å². The van der Waals surface area contributed by atoms with Crippen molar-refractivity contribution in [3.8, 4) is 0 Å². The molecule has 2 amide bonds. The number of carbonyl (C=O) groups excluding carboxylic acids is 1. The van der Waals surface area contributed by atoms with Crippen LogP contribution in [0.3, 0.4) is 0 Å². The van der Waals surface area contributed by atoms with Crippen LogP contribution in [0.15, 0.2) is 24.4 Å². The maximum absolute atomic E-state index is 12.0. The molecule has 4 N–H and O–H groups in total. The summed E-state index contributed by atoms with van der Waals surface area (Å²) in [7, 11) is 0. The Kier molecular flexibility index (Phi) is 4.39. The van der Waals surface area contributed by atoms with E-state index in [0.717, 1.165) is 10.9 Å². The van der Waals surface area contributed by atoms with Gasteiger partial charge in [0.1, 0.15) is 0 Å². The minimum Gasteiger partial charge on any atom is -0.464 e. The first-order chi connectivity index (χ1) is 12.2. The van der Waals surface area contributed by atoms with Crippen LogP contribution >= 0.6 is 0 Å². The van der Waals surface area contributed by atoms with E-state index >= 15 is 0 Å². The van der Waals surface area contributed by atoms with E-state index in [1.165, 1.54) is 4.57 Å². The zero-order valence-corrected chi connectivity index (χ0v) is 15.4. The van der Waals surface area contributed by atoms with Gasteiger partial charge in [-0.15, -0.1) is 0 Å². The van der Waals surface area contributed by atoms with Crippen LogP contribution in [-0.2, 0) is 5.41 Å². The minimum absolute atomic E-state index is 0.0261. The third-order valence-electron chi connectivity index (χ3n) is 4.45. The summed E-state index contributed by atoms with van der Waals surface area (Å²) in [6.45, 7) is 8.60. The summed E-state index contributed by atoms with van der Waals surface area (Å²) in [5.74, 6) is 0. The fraction of sp³-hybridized carbons (Fsp3) is 0.368. The standard InChI is InChI=1S/C19H24N4O3/c1-11(2)21-17(24)22-12-5-6-14-13(9-12)16-15(23(14)18(25)26)7-8-20-10-19(16,3)4/h5-9,11,20H,10H2,1-4H3,(H,25,26)(H2,21,22,24). The largest absolute Gasteiger partial charge is 0.464 e. The van der Waals surface area contributed by atoms with Gasteiger partial charge in [-0.2, -0.15) is 0 Å². The summed E-state index contributed by atoms with van der Waals surface area (Å²) in [4.78, 5) is 23.9. The summed E-state index contributed by atoms with van der Waals surface area (Å²) in [5.41, 5.74) is 2.54. The zero-order valence-electron chi connectivity index (χ0n) is 15.4. The maximum Gasteiger partial charge on any atom is 0.416 e. The molecule has 2 heterocycles. The Morgan fingerprint density at radius 1 is 1.31 bits per heavy atom. The van der Waals surface area contributed by atoms with E-state index in [-0.39, 0.29) is 17.5 Å². The number of nitrogens with zero attached hydrogens (tertiary/aromatic N) is 1. The highest BCUT2D eigenvalue weighted by atomic mass is 16.4. The van der Waals surface area contributed by atoms with Crippen molar-refractivity contribution in [1.82, 2.24) is 15.2 Å². The average molecular weight is 356 g/mol. The van der Waals surface area contributed by atoms with E-state index < -0.39 is 6.09 Å². The Bertz CT molecular complexity index is 909. The van der Waals surface area contributed by atoms with Gasteiger partial charge in [-0.3, -0.25) is 0 Å². The predicted octanol–water partition coefficient (Wildman–Crippen LogP) is 3.55. The Labute approximate surface area is 152 Å². The van der Waals surface area contributed by atoms with Crippen LogP contribution in [0.4, 0.5) is 15.3 Å². The van der Waals surface area contributed by atoms with Crippen molar-refractivity contribution in [3.63, 3.8) is 0 Å². The fourth-order valence-electron chi connectivity index (χ4n) is 3.43. The van der Waals surface area contributed by atoms with Crippen LogP contribution in [0.25, 0.3) is 17.0 Å². The van der Waals surface area contributed by atoms with Gasteiger partial charge in [-0.25, -0.2) is 14.2 Å². The van der Waals surface area contributed by atoms with Gasteiger partial charge in [0.25, 0.3) is 0 Å². The van der Waals surface area contributed by atoms with Crippen molar-refractivity contribution in [2.45, 2.75) is 39.2 Å². The molecule has 1 aliphatic heterocycles. The normalized spacial score (nSPS) is 15.3. The highest BCUT2D eigenvalue weighted by Gasteiger charge is 2.32. The summed E-state index contributed by atoms with van der Waals surface area (Å²) >= 11 is 0. The lowest BCUT2D eigenvalue weighted by molar-refractivity contribution is 0.197. The van der Waals surface area contributed by atoms with Crippen LogP contribution in [-0.4, -0.2) is 34.4 Å². The van der Waals surface area contributed by atoms with Crippen LogP contribution < -0.4 is 16.0 Å². The number of carbonyl (C=O) groups is 2. The Morgan fingerprint density at radius 2 is 2.04 bits per heavy atom. The third-order valence-corrected chi connectivity index (χ3v) is 4.45. The predicted molar refractivity (Wildman–Crippen MR) is 103 cm³/mol. The molecule has 138 valence electrons. The van der Waals surface area contributed by atoms with Gasteiger partial charge in [-0.1, -0.05) is 13.8 Å². The second-order valence-electron chi connectivity index (χ2n) is 7.46. The second-order valence-corrected chi connectivity index (χ2v) is 7.46. The molecule has 0 aliphatic carbocycles. The molecule has 0 unspecified atom stereocenters. The molecule has 0 saturated carbocycles. The SMILES string of the molecule is CC(C)NC(=O)Nc1ccc2c(c1)c1c(n2C(=O)O)C=CNCC1(C)C. The van der Waals surface area contributed by atoms with Crippen molar-refractivity contribution in [2.75, 3.05) is 11.9 Å². The molecule has 0 saturated heterocycles. The molecule has 0 atom stereocenters. The van der Waals surface area contributed by atoms with Gasteiger partial charge in [0, 0.05) is 29.1 Å². The van der Waals surface area contributed by atoms with Crippen LogP contribution in [0, 0.1) is 0 Å². The van der Waals surface area contributed by atoms with Crippen LogP contribution in [0.2, 0.25) is 0 Å². The molecule has 0 radical (unpaired) electrons. The number of anilines is 1. The van der Waals surface area contributed by atoms with Crippen LogP contribution in [0.1, 0.15) is 39.0 Å². The zero-order chi connectivity index (χ0) is 19.1. The summed E-state index contributed by atoms with van der Waals surface area (Å²) in [6.07, 6.45) is 2.54. The smallest absolute Gasteiger partial charge is 0.416 e. The Balaban J connectivity index is 2.18.